The lowest BCUT2D eigenvalue weighted by Crippen LogP contribution is -2.40. The molecule has 4 heteroatoms. The van der Waals surface area contributed by atoms with Crippen molar-refractivity contribution in [3.8, 4) is 0 Å². The summed E-state index contributed by atoms with van der Waals surface area (Å²) in [6, 6.07) is 0. The third-order valence-corrected chi connectivity index (χ3v) is 3.94. The van der Waals surface area contributed by atoms with Crippen molar-refractivity contribution in [3.63, 3.8) is 0 Å². The van der Waals surface area contributed by atoms with Gasteiger partial charge in [-0.05, 0) is 38.0 Å². The molecule has 0 atom stereocenters. The molecule has 1 fully saturated rings. The highest BCUT2D eigenvalue weighted by atomic mass is 16.4. The minimum Gasteiger partial charge on any atom is -0.481 e. The lowest BCUT2D eigenvalue weighted by molar-refractivity contribution is -0.137. The van der Waals surface area contributed by atoms with Crippen LogP contribution in [0.3, 0.4) is 0 Å². The van der Waals surface area contributed by atoms with Crippen LogP contribution in [0.2, 0.25) is 0 Å². The molecule has 0 radical (unpaired) electrons. The first-order chi connectivity index (χ1) is 8.96. The van der Waals surface area contributed by atoms with Crippen LogP contribution < -0.4 is 5.32 Å². The van der Waals surface area contributed by atoms with E-state index in [1.807, 2.05) is 0 Å². The van der Waals surface area contributed by atoms with Crippen molar-refractivity contribution in [1.82, 2.24) is 5.32 Å². The lowest BCUT2D eigenvalue weighted by Gasteiger charge is -2.29. The van der Waals surface area contributed by atoms with E-state index in [9.17, 15) is 9.59 Å². The highest BCUT2D eigenvalue weighted by molar-refractivity contribution is 5.82. The van der Waals surface area contributed by atoms with Gasteiger partial charge >= 0.3 is 5.97 Å². The SMILES string of the molecule is CC(C)CC1(C(=O)NCCCCC(=O)O)CCCC1. The molecule has 0 heterocycles. The van der Waals surface area contributed by atoms with Crippen LogP contribution in [-0.2, 0) is 9.59 Å². The van der Waals surface area contributed by atoms with Gasteiger partial charge < -0.3 is 10.4 Å². The van der Waals surface area contributed by atoms with Crippen molar-refractivity contribution in [2.45, 2.75) is 65.2 Å². The van der Waals surface area contributed by atoms with Crippen molar-refractivity contribution < 1.29 is 14.7 Å². The Kier molecular flexibility index (Phi) is 6.32. The average Bonchev–Trinajstić information content (AvgIpc) is 2.76. The molecular weight excluding hydrogens is 242 g/mol. The summed E-state index contributed by atoms with van der Waals surface area (Å²) in [4.78, 5) is 22.8. The van der Waals surface area contributed by atoms with E-state index in [0.717, 1.165) is 38.5 Å². The first-order valence-electron chi connectivity index (χ1n) is 7.46. The topological polar surface area (TPSA) is 66.4 Å². The molecule has 2 N–H and O–H groups in total. The molecule has 1 aliphatic carbocycles. The Morgan fingerprint density at radius 1 is 1.21 bits per heavy atom. The molecule has 0 unspecified atom stereocenters. The number of hydrogen-bond donors (Lipinski definition) is 2. The van der Waals surface area contributed by atoms with E-state index in [2.05, 4.69) is 19.2 Å². The Bertz CT molecular complexity index is 307. The fraction of sp³-hybridized carbons (Fsp3) is 0.867. The number of nitrogens with one attached hydrogen (secondary N) is 1. The summed E-state index contributed by atoms with van der Waals surface area (Å²) in [5.41, 5.74) is -0.152. The standard InChI is InChI=1S/C15H27NO3/c1-12(2)11-15(8-4-5-9-15)14(19)16-10-6-3-7-13(17)18/h12H,3-11H2,1-2H3,(H,16,19)(H,17,18). The summed E-state index contributed by atoms with van der Waals surface area (Å²) >= 11 is 0. The Morgan fingerprint density at radius 3 is 2.37 bits per heavy atom. The van der Waals surface area contributed by atoms with Crippen LogP contribution in [0.4, 0.5) is 0 Å². The molecule has 0 aromatic heterocycles. The van der Waals surface area contributed by atoms with Gasteiger partial charge in [0.1, 0.15) is 0 Å². The third kappa shape index (κ3) is 5.21. The van der Waals surface area contributed by atoms with Gasteiger partial charge in [0, 0.05) is 18.4 Å². The normalized spacial score (nSPS) is 17.6. The summed E-state index contributed by atoms with van der Waals surface area (Å²) in [5, 5.41) is 11.6. The summed E-state index contributed by atoms with van der Waals surface area (Å²) in [5.74, 6) is -0.0386. The molecule has 0 saturated heterocycles. The molecule has 0 bridgehead atoms. The van der Waals surface area contributed by atoms with E-state index >= 15 is 0 Å². The third-order valence-electron chi connectivity index (χ3n) is 3.94. The van der Waals surface area contributed by atoms with E-state index in [0.29, 0.717) is 18.9 Å². The quantitative estimate of drug-likeness (QED) is 0.666. The predicted octanol–water partition coefficient (Wildman–Crippen LogP) is 2.96. The monoisotopic (exact) mass is 269 g/mol. The van der Waals surface area contributed by atoms with Crippen molar-refractivity contribution >= 4 is 11.9 Å². The van der Waals surface area contributed by atoms with Crippen LogP contribution in [0.1, 0.15) is 65.2 Å². The first-order valence-corrected chi connectivity index (χ1v) is 7.46. The molecule has 0 aliphatic heterocycles. The highest BCUT2D eigenvalue weighted by Gasteiger charge is 2.40. The molecule has 19 heavy (non-hydrogen) atoms. The summed E-state index contributed by atoms with van der Waals surface area (Å²) in [7, 11) is 0. The minimum atomic E-state index is -0.765. The number of carboxylic acids is 1. The predicted molar refractivity (Wildman–Crippen MR) is 74.9 cm³/mol. The zero-order valence-electron chi connectivity index (χ0n) is 12.2. The highest BCUT2D eigenvalue weighted by Crippen LogP contribution is 2.43. The zero-order valence-corrected chi connectivity index (χ0v) is 12.2. The van der Waals surface area contributed by atoms with Crippen molar-refractivity contribution in [2.24, 2.45) is 11.3 Å². The van der Waals surface area contributed by atoms with Crippen molar-refractivity contribution in [1.29, 1.82) is 0 Å². The molecule has 0 aromatic rings. The van der Waals surface area contributed by atoms with Gasteiger partial charge in [-0.1, -0.05) is 26.7 Å². The molecule has 4 nitrogen and oxygen atoms in total. The smallest absolute Gasteiger partial charge is 0.303 e. The van der Waals surface area contributed by atoms with Gasteiger partial charge in [0.2, 0.25) is 5.91 Å². The van der Waals surface area contributed by atoms with Gasteiger partial charge in [-0.2, -0.15) is 0 Å². The number of unbranched alkanes of at least 4 members (excludes halogenated alkanes) is 1. The second kappa shape index (κ2) is 7.51. The fourth-order valence-corrected chi connectivity index (χ4v) is 3.15. The number of aliphatic carboxylic acids is 1. The van der Waals surface area contributed by atoms with Gasteiger partial charge in [-0.3, -0.25) is 9.59 Å². The molecular formula is C15H27NO3. The molecule has 110 valence electrons. The van der Waals surface area contributed by atoms with Crippen LogP contribution in [0.15, 0.2) is 0 Å². The molecule has 0 spiro atoms. The largest absolute Gasteiger partial charge is 0.481 e. The lowest BCUT2D eigenvalue weighted by atomic mass is 9.77. The van der Waals surface area contributed by atoms with Gasteiger partial charge in [0.15, 0.2) is 0 Å². The summed E-state index contributed by atoms with van der Waals surface area (Å²) < 4.78 is 0. The molecule has 1 amide bonds. The molecule has 1 rings (SSSR count). The van der Waals surface area contributed by atoms with Gasteiger partial charge in [-0.25, -0.2) is 0 Å². The number of carbonyl (C=O) groups is 2. The summed E-state index contributed by atoms with van der Waals surface area (Å²) in [6.07, 6.45) is 6.85. The minimum absolute atomic E-state index is 0.152. The van der Waals surface area contributed by atoms with Gasteiger partial charge in [-0.15, -0.1) is 0 Å². The van der Waals surface area contributed by atoms with E-state index in [1.165, 1.54) is 0 Å². The maximum atomic E-state index is 12.4. The Morgan fingerprint density at radius 2 is 1.84 bits per heavy atom. The zero-order chi connectivity index (χ0) is 14.3. The maximum Gasteiger partial charge on any atom is 0.303 e. The molecule has 0 aromatic carbocycles. The van der Waals surface area contributed by atoms with Crippen molar-refractivity contribution in [2.75, 3.05) is 6.54 Å². The van der Waals surface area contributed by atoms with Crippen LogP contribution in [0.5, 0.6) is 0 Å². The second-order valence-electron chi connectivity index (χ2n) is 6.19. The first kappa shape index (κ1) is 16.0. The van der Waals surface area contributed by atoms with E-state index in [-0.39, 0.29) is 17.7 Å². The van der Waals surface area contributed by atoms with Gasteiger partial charge in [0.25, 0.3) is 0 Å². The number of carboxylic acid groups (broad SMARTS) is 1. The van der Waals surface area contributed by atoms with Crippen molar-refractivity contribution in [3.05, 3.63) is 0 Å². The number of amides is 1. The molecule has 1 aliphatic rings. The van der Waals surface area contributed by atoms with Crippen LogP contribution >= 0.6 is 0 Å². The van der Waals surface area contributed by atoms with E-state index in [1.54, 1.807) is 0 Å². The Labute approximate surface area is 116 Å². The van der Waals surface area contributed by atoms with Gasteiger partial charge in [0.05, 0.1) is 0 Å². The van der Waals surface area contributed by atoms with E-state index in [4.69, 9.17) is 5.11 Å². The average molecular weight is 269 g/mol. The van der Waals surface area contributed by atoms with Crippen LogP contribution in [0, 0.1) is 11.3 Å². The van der Waals surface area contributed by atoms with Crippen LogP contribution in [0.25, 0.3) is 0 Å². The Hall–Kier alpha value is -1.06. The second-order valence-corrected chi connectivity index (χ2v) is 6.19. The molecule has 1 saturated carbocycles. The number of hydrogen-bond acceptors (Lipinski definition) is 2. The number of carbonyl (C=O) groups excluding carboxylic acids is 1. The Balaban J connectivity index is 2.34. The van der Waals surface area contributed by atoms with E-state index < -0.39 is 5.97 Å². The number of rotatable bonds is 8. The van der Waals surface area contributed by atoms with Crippen LogP contribution in [-0.4, -0.2) is 23.5 Å². The maximum absolute atomic E-state index is 12.4. The summed E-state index contributed by atoms with van der Waals surface area (Å²) in [6.45, 7) is 4.94. The fourth-order valence-electron chi connectivity index (χ4n) is 3.15.